The summed E-state index contributed by atoms with van der Waals surface area (Å²) in [5.74, 6) is -2.05. The number of carbonyl (C=O) groups excluding carboxylic acids is 2. The van der Waals surface area contributed by atoms with Gasteiger partial charge in [0.1, 0.15) is 4.33 Å². The molecule has 5 nitrogen and oxygen atoms in total. The van der Waals surface area contributed by atoms with Gasteiger partial charge in [0.15, 0.2) is 0 Å². The lowest BCUT2D eigenvalue weighted by Gasteiger charge is -2.13. The minimum absolute atomic E-state index is 0.205. The molecule has 0 radical (unpaired) electrons. The van der Waals surface area contributed by atoms with E-state index in [1.54, 1.807) is 30.3 Å². The molecule has 42 heavy (non-hydrogen) atoms. The van der Waals surface area contributed by atoms with E-state index < -0.39 is 28.0 Å². The van der Waals surface area contributed by atoms with E-state index in [2.05, 4.69) is 29.0 Å². The molecule has 1 saturated carbocycles. The summed E-state index contributed by atoms with van der Waals surface area (Å²) in [6.07, 6.45) is 7.04. The van der Waals surface area contributed by atoms with Crippen molar-refractivity contribution in [2.75, 3.05) is 22.5 Å². The van der Waals surface area contributed by atoms with Crippen LogP contribution in [0.15, 0.2) is 78.4 Å². The van der Waals surface area contributed by atoms with E-state index in [-0.39, 0.29) is 10.6 Å². The van der Waals surface area contributed by atoms with E-state index in [9.17, 15) is 9.59 Å². The van der Waals surface area contributed by atoms with Gasteiger partial charge in [-0.05, 0) is 92.9 Å². The standard InChI is InChI=1S/C32H30Cl5N3O2/c1-4-5-6-18(2)11-12-38-23-8-10-27(19(3)13-23)40-30(41)25-17-24(7-9-26(25)35)39-31(42)29-28(32(29,36)37)20-14-21(33)16-22(34)15-20/h4-10,13-17,28-29,38H,11-12H2,1-3H3,(H,39,42)(H,40,41)/b5-4-,18-6+. The SMILES string of the molecule is C/C=C\C=C(/C)CCNc1ccc(NC(=O)c2cc(NC(=O)C3C(c4cc(Cl)cc(Cl)c4)C3(Cl)Cl)ccc2Cl)c(C)c1. The van der Waals surface area contributed by atoms with E-state index in [0.29, 0.717) is 27.0 Å². The molecule has 2 amide bonds. The van der Waals surface area contributed by atoms with Crippen molar-refractivity contribution in [3.63, 3.8) is 0 Å². The molecule has 1 aliphatic carbocycles. The quantitative estimate of drug-likeness (QED) is 0.149. The molecule has 0 spiro atoms. The highest BCUT2D eigenvalue weighted by molar-refractivity contribution is 6.53. The topological polar surface area (TPSA) is 70.2 Å². The minimum Gasteiger partial charge on any atom is -0.385 e. The third kappa shape index (κ3) is 7.83. The fraction of sp³-hybridized carbons (Fsp3) is 0.250. The molecule has 3 N–H and O–H groups in total. The van der Waals surface area contributed by atoms with Crippen molar-refractivity contribution < 1.29 is 9.59 Å². The zero-order valence-electron chi connectivity index (χ0n) is 23.2. The second-order valence-electron chi connectivity index (χ2n) is 10.2. The second-order valence-corrected chi connectivity index (χ2v) is 12.9. The number of amides is 2. The summed E-state index contributed by atoms with van der Waals surface area (Å²) in [5.41, 5.74) is 5.03. The van der Waals surface area contributed by atoms with E-state index >= 15 is 0 Å². The normalized spacial score (nSPS) is 17.7. The molecule has 0 aromatic heterocycles. The number of allylic oxidation sites excluding steroid dienone is 3. The Bertz CT molecular complexity index is 1550. The molecule has 0 bridgehead atoms. The zero-order valence-corrected chi connectivity index (χ0v) is 27.0. The van der Waals surface area contributed by atoms with Crippen LogP contribution in [0.4, 0.5) is 17.1 Å². The molecule has 10 heteroatoms. The Balaban J connectivity index is 1.41. The van der Waals surface area contributed by atoms with Crippen molar-refractivity contribution in [2.24, 2.45) is 5.92 Å². The van der Waals surface area contributed by atoms with Crippen molar-refractivity contribution in [3.8, 4) is 0 Å². The van der Waals surface area contributed by atoms with Crippen LogP contribution in [0.3, 0.4) is 0 Å². The van der Waals surface area contributed by atoms with E-state index in [4.69, 9.17) is 58.0 Å². The average Bonchev–Trinajstić information content (AvgIpc) is 3.51. The van der Waals surface area contributed by atoms with Crippen LogP contribution < -0.4 is 16.0 Å². The molecule has 0 heterocycles. The first kappa shape index (κ1) is 32.2. The first-order valence-electron chi connectivity index (χ1n) is 13.3. The molecule has 0 aliphatic heterocycles. The fourth-order valence-electron chi connectivity index (χ4n) is 4.67. The highest BCUT2D eigenvalue weighted by Gasteiger charge is 2.67. The van der Waals surface area contributed by atoms with Gasteiger partial charge in [0.2, 0.25) is 5.91 Å². The monoisotopic (exact) mass is 663 g/mol. The number of halogens is 5. The first-order valence-corrected chi connectivity index (χ1v) is 15.2. The van der Waals surface area contributed by atoms with Crippen LogP contribution in [0.25, 0.3) is 0 Å². The molecule has 1 aliphatic rings. The molecule has 3 aromatic carbocycles. The van der Waals surface area contributed by atoms with E-state index in [0.717, 1.165) is 24.2 Å². The number of hydrogen-bond donors (Lipinski definition) is 3. The van der Waals surface area contributed by atoms with Gasteiger partial charge in [0, 0.05) is 39.6 Å². The summed E-state index contributed by atoms with van der Waals surface area (Å²) in [7, 11) is 0. The lowest BCUT2D eigenvalue weighted by Crippen LogP contribution is -2.18. The number of benzene rings is 3. The number of anilines is 3. The maximum Gasteiger partial charge on any atom is 0.257 e. The Morgan fingerprint density at radius 2 is 1.62 bits per heavy atom. The third-order valence-electron chi connectivity index (χ3n) is 6.95. The van der Waals surface area contributed by atoms with E-state index in [1.807, 2.05) is 44.2 Å². The Kier molecular flexibility index (Phi) is 10.6. The smallest absolute Gasteiger partial charge is 0.257 e. The third-order valence-corrected chi connectivity index (χ3v) is 8.66. The average molecular weight is 666 g/mol. The summed E-state index contributed by atoms with van der Waals surface area (Å²) >= 11 is 31.6. The van der Waals surface area contributed by atoms with Gasteiger partial charge in [-0.25, -0.2) is 0 Å². The maximum absolute atomic E-state index is 13.2. The number of alkyl halides is 2. The molecular formula is C32H30Cl5N3O2. The van der Waals surface area contributed by atoms with Gasteiger partial charge in [-0.15, -0.1) is 23.2 Å². The molecule has 1 fully saturated rings. The molecule has 3 aromatic rings. The Hall–Kier alpha value is -2.67. The number of carbonyl (C=O) groups is 2. The predicted molar refractivity (Wildman–Crippen MR) is 178 cm³/mol. The van der Waals surface area contributed by atoms with Crippen molar-refractivity contribution in [1.82, 2.24) is 0 Å². The minimum atomic E-state index is -1.33. The summed E-state index contributed by atoms with van der Waals surface area (Å²) in [6, 6.07) is 15.4. The van der Waals surface area contributed by atoms with Crippen LogP contribution in [0, 0.1) is 12.8 Å². The number of aryl methyl sites for hydroxylation is 1. The highest BCUT2D eigenvalue weighted by Crippen LogP contribution is 2.65. The summed E-state index contributed by atoms with van der Waals surface area (Å²) < 4.78 is -1.33. The zero-order chi connectivity index (χ0) is 30.6. The van der Waals surface area contributed by atoms with Crippen LogP contribution in [-0.4, -0.2) is 22.7 Å². The molecule has 4 rings (SSSR count). The number of rotatable bonds is 10. The predicted octanol–water partition coefficient (Wildman–Crippen LogP) is 10.1. The molecule has 2 unspecified atom stereocenters. The van der Waals surface area contributed by atoms with E-state index in [1.165, 1.54) is 11.6 Å². The van der Waals surface area contributed by atoms with Crippen LogP contribution in [0.1, 0.15) is 47.7 Å². The molecular weight excluding hydrogens is 636 g/mol. The maximum atomic E-state index is 13.2. The Labute approximate surface area is 271 Å². The van der Waals surface area contributed by atoms with Crippen LogP contribution in [0.5, 0.6) is 0 Å². The Morgan fingerprint density at radius 3 is 2.29 bits per heavy atom. The van der Waals surface area contributed by atoms with Crippen molar-refractivity contribution in [2.45, 2.75) is 37.4 Å². The molecule has 2 atom stereocenters. The highest BCUT2D eigenvalue weighted by atomic mass is 35.5. The molecule has 220 valence electrons. The summed E-state index contributed by atoms with van der Waals surface area (Å²) in [6.45, 7) is 6.80. The summed E-state index contributed by atoms with van der Waals surface area (Å²) in [5, 5.41) is 10.2. The van der Waals surface area contributed by atoms with Crippen LogP contribution in [0.2, 0.25) is 15.1 Å². The molecule has 0 saturated heterocycles. The van der Waals surface area contributed by atoms with Gasteiger partial charge in [-0.3, -0.25) is 9.59 Å². The van der Waals surface area contributed by atoms with Gasteiger partial charge in [0.05, 0.1) is 16.5 Å². The largest absolute Gasteiger partial charge is 0.385 e. The fourth-order valence-corrected chi connectivity index (χ4v) is 6.25. The van der Waals surface area contributed by atoms with Gasteiger partial charge in [-0.2, -0.15) is 0 Å². The number of hydrogen-bond acceptors (Lipinski definition) is 3. The summed E-state index contributed by atoms with van der Waals surface area (Å²) in [4.78, 5) is 26.3. The van der Waals surface area contributed by atoms with Crippen molar-refractivity contribution >= 4 is 86.9 Å². The number of nitrogens with one attached hydrogen (secondary N) is 3. The van der Waals surface area contributed by atoms with Crippen molar-refractivity contribution in [1.29, 1.82) is 0 Å². The van der Waals surface area contributed by atoms with Gasteiger partial charge in [0.25, 0.3) is 5.91 Å². The Morgan fingerprint density at radius 1 is 0.929 bits per heavy atom. The van der Waals surface area contributed by atoms with Gasteiger partial charge in [-0.1, -0.05) is 58.6 Å². The second kappa shape index (κ2) is 13.7. The van der Waals surface area contributed by atoms with Crippen molar-refractivity contribution in [3.05, 3.63) is 110 Å². The first-order chi connectivity index (χ1) is 19.9. The van der Waals surface area contributed by atoms with Gasteiger partial charge < -0.3 is 16.0 Å². The lowest BCUT2D eigenvalue weighted by atomic mass is 10.1. The van der Waals surface area contributed by atoms with Gasteiger partial charge >= 0.3 is 0 Å². The lowest BCUT2D eigenvalue weighted by molar-refractivity contribution is -0.117. The van der Waals surface area contributed by atoms with Crippen LogP contribution in [-0.2, 0) is 4.79 Å². The van der Waals surface area contributed by atoms with Crippen LogP contribution >= 0.6 is 58.0 Å².